The van der Waals surface area contributed by atoms with Gasteiger partial charge in [-0.3, -0.25) is 13.9 Å². The first-order valence-corrected chi connectivity index (χ1v) is 12.0. The average molecular weight is 457 g/mol. The highest BCUT2D eigenvalue weighted by Crippen LogP contribution is 2.30. The summed E-state index contributed by atoms with van der Waals surface area (Å²) in [5.41, 5.74) is 2.70. The summed E-state index contributed by atoms with van der Waals surface area (Å²) in [6, 6.07) is 11.3. The van der Waals surface area contributed by atoms with E-state index in [1.807, 2.05) is 0 Å². The molecule has 0 aromatic heterocycles. The zero-order chi connectivity index (χ0) is 23.0. The first kappa shape index (κ1) is 22.0. The summed E-state index contributed by atoms with van der Waals surface area (Å²) >= 11 is 0. The molecule has 9 heteroatoms. The lowest BCUT2D eigenvalue weighted by atomic mass is 10.0. The van der Waals surface area contributed by atoms with Crippen molar-refractivity contribution in [1.29, 1.82) is 0 Å². The molecule has 0 aliphatic carbocycles. The Morgan fingerprint density at radius 2 is 1.81 bits per heavy atom. The van der Waals surface area contributed by atoms with Crippen LogP contribution in [0.3, 0.4) is 0 Å². The van der Waals surface area contributed by atoms with Crippen LogP contribution in [0.4, 0.5) is 11.4 Å². The van der Waals surface area contributed by atoms with Crippen molar-refractivity contribution in [3.63, 3.8) is 0 Å². The average Bonchev–Trinajstić information content (AvgIpc) is 3.35. The van der Waals surface area contributed by atoms with Crippen molar-refractivity contribution in [3.8, 4) is 0 Å². The van der Waals surface area contributed by atoms with Gasteiger partial charge >= 0.3 is 5.97 Å². The molecule has 0 N–H and O–H groups in total. The number of fused-ring (bicyclic) bond motifs is 1. The van der Waals surface area contributed by atoms with E-state index in [-0.39, 0.29) is 23.0 Å². The number of sulfonamides is 1. The Balaban J connectivity index is 1.47. The summed E-state index contributed by atoms with van der Waals surface area (Å²) in [5.74, 6) is -1.01. The van der Waals surface area contributed by atoms with Gasteiger partial charge in [-0.2, -0.15) is 0 Å². The number of hydrogen-bond acceptors (Lipinski definition) is 6. The first-order chi connectivity index (χ1) is 15.2. The Hall–Kier alpha value is -3.20. The first-order valence-electron chi connectivity index (χ1n) is 10.4. The number of amides is 1. The molecule has 0 radical (unpaired) electrons. The highest BCUT2D eigenvalue weighted by atomic mass is 32.2. The predicted octanol–water partition coefficient (Wildman–Crippen LogP) is 2.56. The van der Waals surface area contributed by atoms with Gasteiger partial charge in [0.25, 0.3) is 0 Å². The summed E-state index contributed by atoms with van der Waals surface area (Å²) in [5, 5.41) is 0. The fourth-order valence-corrected chi connectivity index (χ4v) is 5.67. The SMILES string of the molecule is CC(=O)N1CCc2cc(C(=O)[C@@H](C)OC(=O)c3cccc(N4CCCS4(=O)=O)c3)ccc21. The molecule has 0 spiro atoms. The van der Waals surface area contributed by atoms with E-state index in [1.54, 1.807) is 35.2 Å². The van der Waals surface area contributed by atoms with Crippen LogP contribution < -0.4 is 9.21 Å². The molecular weight excluding hydrogens is 432 g/mol. The van der Waals surface area contributed by atoms with Gasteiger partial charge in [0.05, 0.1) is 17.0 Å². The Bertz CT molecular complexity index is 1210. The van der Waals surface area contributed by atoms with Crippen LogP contribution in [0.25, 0.3) is 0 Å². The lowest BCUT2D eigenvalue weighted by molar-refractivity contribution is -0.116. The van der Waals surface area contributed by atoms with Gasteiger partial charge in [-0.15, -0.1) is 0 Å². The zero-order valence-corrected chi connectivity index (χ0v) is 18.7. The molecule has 32 heavy (non-hydrogen) atoms. The normalized spacial score (nSPS) is 17.7. The molecule has 2 aliphatic rings. The number of esters is 1. The number of hydrogen-bond donors (Lipinski definition) is 0. The van der Waals surface area contributed by atoms with Crippen LogP contribution in [-0.4, -0.2) is 51.0 Å². The fraction of sp³-hybridized carbons (Fsp3) is 0.348. The maximum Gasteiger partial charge on any atom is 0.338 e. The van der Waals surface area contributed by atoms with E-state index in [2.05, 4.69) is 0 Å². The number of benzene rings is 2. The number of Topliss-reactive ketones (excluding diaryl/α,β-unsaturated/α-hetero) is 1. The molecule has 4 rings (SSSR count). The fourth-order valence-electron chi connectivity index (χ4n) is 4.12. The Morgan fingerprint density at radius 3 is 2.50 bits per heavy atom. The van der Waals surface area contributed by atoms with E-state index in [0.29, 0.717) is 37.2 Å². The minimum Gasteiger partial charge on any atom is -0.451 e. The van der Waals surface area contributed by atoms with E-state index in [0.717, 1.165) is 11.3 Å². The van der Waals surface area contributed by atoms with Crippen molar-refractivity contribution in [1.82, 2.24) is 0 Å². The molecular formula is C23H24N2O6S. The number of ketones is 1. The second-order valence-electron chi connectivity index (χ2n) is 7.97. The van der Waals surface area contributed by atoms with Gasteiger partial charge in [0.2, 0.25) is 21.7 Å². The quantitative estimate of drug-likeness (QED) is 0.506. The van der Waals surface area contributed by atoms with Crippen molar-refractivity contribution in [2.75, 3.05) is 28.0 Å². The molecule has 2 aliphatic heterocycles. The molecule has 0 unspecified atom stereocenters. The summed E-state index contributed by atoms with van der Waals surface area (Å²) < 4.78 is 31.0. The van der Waals surface area contributed by atoms with E-state index in [9.17, 15) is 22.8 Å². The van der Waals surface area contributed by atoms with Crippen LogP contribution in [-0.2, 0) is 26.0 Å². The standard InChI is InChI=1S/C23H24N2O6S/c1-15(22(27)18-7-8-21-17(13-18)9-11-24(21)16(2)26)31-23(28)19-5-3-6-20(14-19)25-10-4-12-32(25,29)30/h3,5-8,13-15H,4,9-12H2,1-2H3/t15-/m1/s1. The minimum atomic E-state index is -3.37. The number of anilines is 2. The Kier molecular flexibility index (Phi) is 5.77. The van der Waals surface area contributed by atoms with Crippen molar-refractivity contribution in [2.24, 2.45) is 0 Å². The third-order valence-electron chi connectivity index (χ3n) is 5.76. The molecule has 0 saturated carbocycles. The molecule has 0 bridgehead atoms. The topological polar surface area (TPSA) is 101 Å². The summed E-state index contributed by atoms with van der Waals surface area (Å²) in [4.78, 5) is 38.8. The molecule has 1 saturated heterocycles. The van der Waals surface area contributed by atoms with Crippen LogP contribution >= 0.6 is 0 Å². The number of carbonyl (C=O) groups is 3. The lowest BCUT2D eigenvalue weighted by Gasteiger charge is -2.18. The largest absolute Gasteiger partial charge is 0.451 e. The van der Waals surface area contributed by atoms with E-state index in [1.165, 1.54) is 30.3 Å². The monoisotopic (exact) mass is 456 g/mol. The van der Waals surface area contributed by atoms with Crippen LogP contribution in [0.5, 0.6) is 0 Å². The zero-order valence-electron chi connectivity index (χ0n) is 17.9. The third-order valence-corrected chi connectivity index (χ3v) is 7.63. The smallest absolute Gasteiger partial charge is 0.338 e. The summed E-state index contributed by atoms with van der Waals surface area (Å²) in [7, 11) is -3.37. The molecule has 2 aromatic carbocycles. The van der Waals surface area contributed by atoms with E-state index < -0.39 is 22.1 Å². The van der Waals surface area contributed by atoms with Crippen molar-refractivity contribution in [2.45, 2.75) is 32.8 Å². The lowest BCUT2D eigenvalue weighted by Crippen LogP contribution is -2.26. The second kappa shape index (κ2) is 8.38. The van der Waals surface area contributed by atoms with Gasteiger partial charge in [-0.1, -0.05) is 6.07 Å². The summed E-state index contributed by atoms with van der Waals surface area (Å²) in [6.45, 7) is 3.96. The second-order valence-corrected chi connectivity index (χ2v) is 9.98. The number of ether oxygens (including phenoxy) is 1. The maximum atomic E-state index is 12.8. The van der Waals surface area contributed by atoms with Gasteiger partial charge in [-0.25, -0.2) is 13.2 Å². The molecule has 1 amide bonds. The highest BCUT2D eigenvalue weighted by Gasteiger charge is 2.29. The van der Waals surface area contributed by atoms with E-state index >= 15 is 0 Å². The predicted molar refractivity (Wildman–Crippen MR) is 120 cm³/mol. The van der Waals surface area contributed by atoms with Crippen LogP contribution in [0, 0.1) is 0 Å². The molecule has 168 valence electrons. The van der Waals surface area contributed by atoms with Gasteiger partial charge in [0.15, 0.2) is 6.10 Å². The Labute approximate surface area is 186 Å². The van der Waals surface area contributed by atoms with Crippen LogP contribution in [0.1, 0.15) is 46.5 Å². The van der Waals surface area contributed by atoms with E-state index in [4.69, 9.17) is 4.74 Å². The van der Waals surface area contributed by atoms with Gasteiger partial charge in [-0.05, 0) is 61.7 Å². The van der Waals surface area contributed by atoms with Crippen LogP contribution in [0.15, 0.2) is 42.5 Å². The van der Waals surface area contributed by atoms with Crippen molar-refractivity contribution < 1.29 is 27.5 Å². The minimum absolute atomic E-state index is 0.0471. The van der Waals surface area contributed by atoms with Gasteiger partial charge in [0.1, 0.15) is 0 Å². The number of carbonyl (C=O) groups excluding carboxylic acids is 3. The summed E-state index contributed by atoms with van der Waals surface area (Å²) in [6.07, 6.45) is 0.175. The molecule has 2 aromatic rings. The highest BCUT2D eigenvalue weighted by molar-refractivity contribution is 7.93. The van der Waals surface area contributed by atoms with Crippen molar-refractivity contribution >= 4 is 39.1 Å². The number of nitrogens with zero attached hydrogens (tertiary/aromatic N) is 2. The van der Waals surface area contributed by atoms with Crippen molar-refractivity contribution in [3.05, 3.63) is 59.2 Å². The van der Waals surface area contributed by atoms with Crippen LogP contribution in [0.2, 0.25) is 0 Å². The van der Waals surface area contributed by atoms with Gasteiger partial charge in [0, 0.05) is 31.3 Å². The number of rotatable bonds is 5. The molecule has 8 nitrogen and oxygen atoms in total. The maximum absolute atomic E-state index is 12.8. The third kappa shape index (κ3) is 4.12. The molecule has 2 heterocycles. The molecule has 1 atom stereocenters. The molecule has 1 fully saturated rings. The van der Waals surface area contributed by atoms with Gasteiger partial charge < -0.3 is 9.64 Å². The Morgan fingerprint density at radius 1 is 1.03 bits per heavy atom.